The predicted molar refractivity (Wildman–Crippen MR) is 128 cm³/mol. The Labute approximate surface area is 205 Å². The van der Waals surface area contributed by atoms with Crippen LogP contribution in [-0.4, -0.2) is 54.7 Å². The highest BCUT2D eigenvalue weighted by molar-refractivity contribution is 9.10. The Bertz CT molecular complexity index is 1240. The summed E-state index contributed by atoms with van der Waals surface area (Å²) in [6.07, 6.45) is 5.86. The lowest BCUT2D eigenvalue weighted by Crippen LogP contribution is -2.31. The van der Waals surface area contributed by atoms with Gasteiger partial charge in [-0.05, 0) is 39.5 Å². The van der Waals surface area contributed by atoms with Crippen LogP contribution in [0.2, 0.25) is 0 Å². The molecule has 0 spiro atoms. The van der Waals surface area contributed by atoms with E-state index < -0.39 is 10.2 Å². The number of hydrogen-bond donors (Lipinski definition) is 2. The average Bonchev–Trinajstić information content (AvgIpc) is 3.29. The van der Waals surface area contributed by atoms with Gasteiger partial charge in [0.15, 0.2) is 5.82 Å². The lowest BCUT2D eigenvalue weighted by Gasteiger charge is -2.16. The van der Waals surface area contributed by atoms with Gasteiger partial charge in [0.1, 0.15) is 25.3 Å². The highest BCUT2D eigenvalue weighted by atomic mass is 79.9. The van der Waals surface area contributed by atoms with Crippen LogP contribution in [0.15, 0.2) is 41.4 Å². The van der Waals surface area contributed by atoms with Crippen molar-refractivity contribution in [3.8, 4) is 28.8 Å². The van der Waals surface area contributed by atoms with E-state index in [1.807, 2.05) is 25.1 Å². The van der Waals surface area contributed by atoms with Crippen LogP contribution in [0.3, 0.4) is 0 Å². The third-order valence-electron chi connectivity index (χ3n) is 4.72. The first-order chi connectivity index (χ1) is 16.4. The number of fused-ring (bicyclic) bond motifs is 1. The van der Waals surface area contributed by atoms with E-state index in [0.717, 1.165) is 22.2 Å². The molecule has 1 aliphatic heterocycles. The van der Waals surface area contributed by atoms with Crippen molar-refractivity contribution in [3.05, 3.63) is 47.0 Å². The molecular formula is C21H23BrN6O5S. The van der Waals surface area contributed by atoms with Crippen molar-refractivity contribution < 1.29 is 22.6 Å². The van der Waals surface area contributed by atoms with E-state index in [1.54, 1.807) is 12.4 Å². The second-order valence-electron chi connectivity index (χ2n) is 7.20. The van der Waals surface area contributed by atoms with Gasteiger partial charge >= 0.3 is 6.01 Å². The number of nitrogens with zero attached hydrogens (tertiary/aromatic N) is 4. The van der Waals surface area contributed by atoms with Crippen LogP contribution in [0.25, 0.3) is 11.1 Å². The number of rotatable bonds is 11. The van der Waals surface area contributed by atoms with Crippen LogP contribution in [-0.2, 0) is 16.6 Å². The van der Waals surface area contributed by atoms with E-state index in [9.17, 15) is 8.42 Å². The van der Waals surface area contributed by atoms with E-state index in [1.165, 1.54) is 6.33 Å². The lowest BCUT2D eigenvalue weighted by atomic mass is 10.0. The first kappa shape index (κ1) is 24.1. The lowest BCUT2D eigenvalue weighted by molar-refractivity contribution is 0.202. The Morgan fingerprint density at radius 1 is 1.12 bits per heavy atom. The normalized spacial score (nSPS) is 12.6. The molecule has 11 nitrogen and oxygen atoms in total. The van der Waals surface area contributed by atoms with Gasteiger partial charge in [-0.2, -0.15) is 13.1 Å². The molecule has 2 aromatic heterocycles. The quantitative estimate of drug-likeness (QED) is 0.345. The van der Waals surface area contributed by atoms with Crippen molar-refractivity contribution in [2.45, 2.75) is 19.8 Å². The smallest absolute Gasteiger partial charge is 0.316 e. The van der Waals surface area contributed by atoms with Gasteiger partial charge in [-0.15, -0.1) is 0 Å². The first-order valence-corrected chi connectivity index (χ1v) is 12.8. The minimum absolute atomic E-state index is 0.0868. The SMILES string of the molecule is CCCNS(=O)(=O)Nc1ncnc(OCCOc2ncc(Br)cn2)c1-c1ccc2c(c1)OCC2. The molecule has 4 rings (SSSR count). The van der Waals surface area contributed by atoms with Gasteiger partial charge in [-0.1, -0.05) is 19.1 Å². The van der Waals surface area contributed by atoms with Crippen molar-refractivity contribution in [1.29, 1.82) is 0 Å². The van der Waals surface area contributed by atoms with E-state index in [-0.39, 0.29) is 30.9 Å². The van der Waals surface area contributed by atoms with Gasteiger partial charge in [-0.3, -0.25) is 4.72 Å². The molecule has 0 saturated carbocycles. The summed E-state index contributed by atoms with van der Waals surface area (Å²) < 4.78 is 47.7. The number of aromatic nitrogens is 4. The van der Waals surface area contributed by atoms with E-state index in [2.05, 4.69) is 45.3 Å². The third-order valence-corrected chi connectivity index (χ3v) is 6.18. The largest absolute Gasteiger partial charge is 0.493 e. The van der Waals surface area contributed by atoms with Crippen molar-refractivity contribution in [2.24, 2.45) is 0 Å². The maximum atomic E-state index is 12.5. The molecule has 13 heteroatoms. The molecule has 1 aliphatic rings. The summed E-state index contributed by atoms with van der Waals surface area (Å²) >= 11 is 3.27. The average molecular weight is 551 g/mol. The van der Waals surface area contributed by atoms with Crippen LogP contribution in [0.5, 0.6) is 17.6 Å². The van der Waals surface area contributed by atoms with Gasteiger partial charge in [-0.25, -0.2) is 19.9 Å². The zero-order chi connectivity index (χ0) is 24.0. The fraction of sp³-hybridized carbons (Fsp3) is 0.333. The van der Waals surface area contributed by atoms with Crippen molar-refractivity contribution in [2.75, 3.05) is 31.1 Å². The molecule has 0 bridgehead atoms. The van der Waals surface area contributed by atoms with Crippen molar-refractivity contribution in [3.63, 3.8) is 0 Å². The summed E-state index contributed by atoms with van der Waals surface area (Å²) in [7, 11) is -3.84. The summed E-state index contributed by atoms with van der Waals surface area (Å²) in [4.78, 5) is 16.5. The summed E-state index contributed by atoms with van der Waals surface area (Å²) in [6.45, 7) is 3.03. The Morgan fingerprint density at radius 2 is 1.91 bits per heavy atom. The van der Waals surface area contributed by atoms with Gasteiger partial charge in [0, 0.05) is 25.4 Å². The summed E-state index contributed by atoms with van der Waals surface area (Å²) in [5.74, 6) is 1.02. The predicted octanol–water partition coefficient (Wildman–Crippen LogP) is 2.75. The molecule has 180 valence electrons. The molecule has 0 fully saturated rings. The van der Waals surface area contributed by atoms with Crippen LogP contribution in [0.1, 0.15) is 18.9 Å². The van der Waals surface area contributed by atoms with Crippen LogP contribution < -0.4 is 23.7 Å². The topological polar surface area (TPSA) is 137 Å². The van der Waals surface area contributed by atoms with Gasteiger partial charge < -0.3 is 14.2 Å². The molecule has 0 aliphatic carbocycles. The number of ether oxygens (including phenoxy) is 3. The molecule has 0 unspecified atom stereocenters. The molecule has 0 radical (unpaired) electrons. The molecule has 34 heavy (non-hydrogen) atoms. The minimum Gasteiger partial charge on any atom is -0.493 e. The zero-order valence-electron chi connectivity index (χ0n) is 18.3. The molecule has 3 aromatic rings. The fourth-order valence-electron chi connectivity index (χ4n) is 3.18. The van der Waals surface area contributed by atoms with Crippen LogP contribution >= 0.6 is 15.9 Å². The van der Waals surface area contributed by atoms with Gasteiger partial charge in [0.25, 0.3) is 10.2 Å². The summed E-state index contributed by atoms with van der Waals surface area (Å²) in [5, 5.41) is 0. The molecule has 3 heterocycles. The molecule has 2 N–H and O–H groups in total. The highest BCUT2D eigenvalue weighted by Crippen LogP contribution is 2.38. The standard InChI is InChI=1S/C21H23BrN6O5S/c1-2-6-27-34(29,30)28-19-18(15-4-3-14-5-7-31-17(14)10-15)20(26-13-25-19)32-8-9-33-21-23-11-16(22)12-24-21/h3-4,10-13,27H,2,5-9H2,1H3,(H,25,26,28). The van der Waals surface area contributed by atoms with Gasteiger partial charge in [0.05, 0.1) is 16.6 Å². The van der Waals surface area contributed by atoms with Gasteiger partial charge in [0.2, 0.25) is 5.88 Å². The Kier molecular flexibility index (Phi) is 7.75. The van der Waals surface area contributed by atoms with Crippen LogP contribution in [0, 0.1) is 0 Å². The Morgan fingerprint density at radius 3 is 2.71 bits per heavy atom. The van der Waals surface area contributed by atoms with Crippen molar-refractivity contribution >= 4 is 32.0 Å². The Hall–Kier alpha value is -3.03. The van der Waals surface area contributed by atoms with Crippen LogP contribution in [0.4, 0.5) is 5.82 Å². The second-order valence-corrected chi connectivity index (χ2v) is 9.62. The van der Waals surface area contributed by atoms with E-state index >= 15 is 0 Å². The highest BCUT2D eigenvalue weighted by Gasteiger charge is 2.22. The number of hydrogen-bond acceptors (Lipinski definition) is 9. The fourth-order valence-corrected chi connectivity index (χ4v) is 4.34. The van der Waals surface area contributed by atoms with E-state index in [4.69, 9.17) is 14.2 Å². The molecule has 0 saturated heterocycles. The number of anilines is 1. The summed E-state index contributed by atoms with van der Waals surface area (Å²) in [5.41, 5.74) is 2.13. The summed E-state index contributed by atoms with van der Waals surface area (Å²) in [6, 6.07) is 5.84. The Balaban J connectivity index is 1.58. The monoisotopic (exact) mass is 550 g/mol. The third kappa shape index (κ3) is 6.10. The molecule has 1 aromatic carbocycles. The number of benzene rings is 1. The number of nitrogens with one attached hydrogen (secondary N) is 2. The van der Waals surface area contributed by atoms with Crippen molar-refractivity contribution in [1.82, 2.24) is 24.7 Å². The first-order valence-electron chi connectivity index (χ1n) is 10.6. The maximum Gasteiger partial charge on any atom is 0.316 e. The zero-order valence-corrected chi connectivity index (χ0v) is 20.7. The molecular weight excluding hydrogens is 528 g/mol. The maximum absolute atomic E-state index is 12.5. The molecule has 0 amide bonds. The van der Waals surface area contributed by atoms with E-state index in [0.29, 0.717) is 30.7 Å². The number of halogens is 1. The minimum atomic E-state index is -3.84. The second kappa shape index (κ2) is 10.9. The molecule has 0 atom stereocenters.